The zero-order chi connectivity index (χ0) is 22.1. The molecule has 0 aliphatic carbocycles. The minimum absolute atomic E-state index is 0.378. The number of esters is 1. The molecule has 0 atom stereocenters. The second kappa shape index (κ2) is 10.5. The molecule has 0 fully saturated rings. The maximum absolute atomic E-state index is 12.0. The summed E-state index contributed by atoms with van der Waals surface area (Å²) in [5.74, 6) is -1.78. The number of hydrazone groups is 1. The van der Waals surface area contributed by atoms with Gasteiger partial charge in [-0.25, -0.2) is 10.2 Å². The molecular weight excluding hydrogens is 394 g/mol. The number of carbonyl (C=O) groups excluding carboxylic acids is 3. The van der Waals surface area contributed by atoms with Crippen LogP contribution < -0.4 is 15.5 Å². The lowest BCUT2D eigenvalue weighted by Crippen LogP contribution is -2.32. The first-order chi connectivity index (χ1) is 15.0. The maximum atomic E-state index is 12.0. The molecule has 3 aromatic rings. The summed E-state index contributed by atoms with van der Waals surface area (Å²) in [5.41, 5.74) is 4.94. The molecule has 0 aliphatic heterocycles. The van der Waals surface area contributed by atoms with E-state index in [1.807, 2.05) is 25.1 Å². The SMILES string of the molecule is CCc1ccc(NC(=O)C(=O)N/N=C/c2ccc(OC(=O)c3ccccc3)cc2)cc1. The molecule has 2 N–H and O–H groups in total. The van der Waals surface area contributed by atoms with E-state index in [1.54, 1.807) is 60.7 Å². The molecule has 0 heterocycles. The van der Waals surface area contributed by atoms with Gasteiger partial charge in [0.1, 0.15) is 5.75 Å². The Bertz CT molecular complexity index is 1080. The molecule has 3 aromatic carbocycles. The molecule has 0 spiro atoms. The minimum atomic E-state index is -0.885. The summed E-state index contributed by atoms with van der Waals surface area (Å²) in [4.78, 5) is 35.8. The van der Waals surface area contributed by atoms with Gasteiger partial charge in [0.25, 0.3) is 0 Å². The number of nitrogens with one attached hydrogen (secondary N) is 2. The van der Waals surface area contributed by atoms with Crippen LogP contribution >= 0.6 is 0 Å². The number of benzene rings is 3. The van der Waals surface area contributed by atoms with Gasteiger partial charge in [0.05, 0.1) is 11.8 Å². The molecule has 3 rings (SSSR count). The third-order valence-electron chi connectivity index (χ3n) is 4.31. The zero-order valence-electron chi connectivity index (χ0n) is 16.9. The molecule has 0 bridgehead atoms. The molecule has 0 saturated carbocycles. The maximum Gasteiger partial charge on any atom is 0.343 e. The predicted octanol–water partition coefficient (Wildman–Crippen LogP) is 3.56. The van der Waals surface area contributed by atoms with E-state index in [1.165, 1.54) is 6.21 Å². The van der Waals surface area contributed by atoms with Crippen LogP contribution in [0.15, 0.2) is 84.0 Å². The van der Waals surface area contributed by atoms with Crippen LogP contribution in [0.3, 0.4) is 0 Å². The Balaban J connectivity index is 1.49. The third-order valence-corrected chi connectivity index (χ3v) is 4.31. The van der Waals surface area contributed by atoms with Crippen LogP contribution in [0.2, 0.25) is 0 Å². The topological polar surface area (TPSA) is 96.9 Å². The lowest BCUT2D eigenvalue weighted by molar-refractivity contribution is -0.136. The van der Waals surface area contributed by atoms with E-state index in [0.29, 0.717) is 22.6 Å². The lowest BCUT2D eigenvalue weighted by atomic mass is 10.1. The van der Waals surface area contributed by atoms with Crippen molar-refractivity contribution in [2.45, 2.75) is 13.3 Å². The van der Waals surface area contributed by atoms with Gasteiger partial charge in [0, 0.05) is 5.69 Å². The van der Waals surface area contributed by atoms with Gasteiger partial charge in [-0.15, -0.1) is 0 Å². The Labute approximate surface area is 179 Å². The van der Waals surface area contributed by atoms with Crippen molar-refractivity contribution in [3.05, 3.63) is 95.6 Å². The van der Waals surface area contributed by atoms with Crippen molar-refractivity contribution in [3.8, 4) is 5.75 Å². The number of carbonyl (C=O) groups is 3. The van der Waals surface area contributed by atoms with Gasteiger partial charge in [-0.05, 0) is 66.1 Å². The highest BCUT2D eigenvalue weighted by Crippen LogP contribution is 2.14. The number of ether oxygens (including phenoxy) is 1. The second-order valence-electron chi connectivity index (χ2n) is 6.53. The van der Waals surface area contributed by atoms with Crippen molar-refractivity contribution in [3.63, 3.8) is 0 Å². The number of hydrogen-bond donors (Lipinski definition) is 2. The quantitative estimate of drug-likeness (QED) is 0.212. The van der Waals surface area contributed by atoms with Crippen LogP contribution in [0.5, 0.6) is 5.75 Å². The van der Waals surface area contributed by atoms with E-state index in [2.05, 4.69) is 15.8 Å². The molecule has 0 unspecified atom stereocenters. The Morgan fingerprint density at radius 1 is 0.871 bits per heavy atom. The Kier molecular flexibility index (Phi) is 7.26. The molecule has 2 amide bonds. The molecule has 0 saturated heterocycles. The van der Waals surface area contributed by atoms with Gasteiger partial charge < -0.3 is 10.1 Å². The first kappa shape index (κ1) is 21.4. The molecule has 31 heavy (non-hydrogen) atoms. The summed E-state index contributed by atoms with van der Waals surface area (Å²) in [6.07, 6.45) is 2.27. The van der Waals surface area contributed by atoms with Crippen LogP contribution in [-0.2, 0) is 16.0 Å². The molecule has 156 valence electrons. The average molecular weight is 415 g/mol. The summed E-state index contributed by atoms with van der Waals surface area (Å²) >= 11 is 0. The van der Waals surface area contributed by atoms with Crippen molar-refractivity contribution in [1.29, 1.82) is 0 Å². The van der Waals surface area contributed by atoms with Gasteiger partial charge in [-0.2, -0.15) is 5.10 Å². The minimum Gasteiger partial charge on any atom is -0.423 e. The van der Waals surface area contributed by atoms with E-state index in [9.17, 15) is 14.4 Å². The number of anilines is 1. The van der Waals surface area contributed by atoms with Crippen molar-refractivity contribution in [2.24, 2.45) is 5.10 Å². The monoisotopic (exact) mass is 415 g/mol. The van der Waals surface area contributed by atoms with E-state index >= 15 is 0 Å². The highest BCUT2D eigenvalue weighted by atomic mass is 16.5. The van der Waals surface area contributed by atoms with Gasteiger partial charge in [-0.3, -0.25) is 9.59 Å². The predicted molar refractivity (Wildman–Crippen MR) is 118 cm³/mol. The van der Waals surface area contributed by atoms with Crippen molar-refractivity contribution >= 4 is 29.7 Å². The van der Waals surface area contributed by atoms with Crippen molar-refractivity contribution < 1.29 is 19.1 Å². The highest BCUT2D eigenvalue weighted by Gasteiger charge is 2.12. The van der Waals surface area contributed by atoms with Crippen molar-refractivity contribution in [1.82, 2.24) is 5.43 Å². The average Bonchev–Trinajstić information content (AvgIpc) is 2.81. The summed E-state index contributed by atoms with van der Waals surface area (Å²) in [5, 5.41) is 6.28. The first-order valence-corrected chi connectivity index (χ1v) is 9.66. The molecular formula is C24H21N3O4. The standard InChI is InChI=1S/C24H21N3O4/c1-2-17-8-12-20(13-9-17)26-22(28)23(29)27-25-16-18-10-14-21(15-11-18)31-24(30)19-6-4-3-5-7-19/h3-16H,2H2,1H3,(H,26,28)(H,27,29)/b25-16+. The van der Waals surface area contributed by atoms with Crippen LogP contribution in [0.1, 0.15) is 28.4 Å². The smallest absolute Gasteiger partial charge is 0.343 e. The largest absolute Gasteiger partial charge is 0.423 e. The van der Waals surface area contributed by atoms with Gasteiger partial charge in [0.2, 0.25) is 0 Å². The molecule has 7 nitrogen and oxygen atoms in total. The molecule has 0 aromatic heterocycles. The van der Waals surface area contributed by atoms with Crippen molar-refractivity contribution in [2.75, 3.05) is 5.32 Å². The number of rotatable bonds is 6. The number of aryl methyl sites for hydroxylation is 1. The second-order valence-corrected chi connectivity index (χ2v) is 6.53. The van der Waals surface area contributed by atoms with Crippen LogP contribution in [-0.4, -0.2) is 24.0 Å². The summed E-state index contributed by atoms with van der Waals surface area (Å²) < 4.78 is 5.29. The van der Waals surface area contributed by atoms with Crippen LogP contribution in [0.25, 0.3) is 0 Å². The third kappa shape index (κ3) is 6.37. The highest BCUT2D eigenvalue weighted by molar-refractivity contribution is 6.39. The Morgan fingerprint density at radius 2 is 1.55 bits per heavy atom. The molecule has 0 aliphatic rings. The van der Waals surface area contributed by atoms with Gasteiger partial charge in [0.15, 0.2) is 0 Å². The van der Waals surface area contributed by atoms with E-state index in [-0.39, 0.29) is 0 Å². The first-order valence-electron chi connectivity index (χ1n) is 9.66. The number of nitrogens with zero attached hydrogens (tertiary/aromatic N) is 1. The number of amides is 2. The Hall–Kier alpha value is -4.26. The fraction of sp³-hybridized carbons (Fsp3) is 0.0833. The van der Waals surface area contributed by atoms with Crippen LogP contribution in [0.4, 0.5) is 5.69 Å². The fourth-order valence-corrected chi connectivity index (χ4v) is 2.59. The number of hydrogen-bond acceptors (Lipinski definition) is 5. The zero-order valence-corrected chi connectivity index (χ0v) is 16.9. The summed E-state index contributed by atoms with van der Waals surface area (Å²) in [6, 6.07) is 22.4. The lowest BCUT2D eigenvalue weighted by Gasteiger charge is -2.05. The van der Waals surface area contributed by atoms with Crippen LogP contribution in [0, 0.1) is 0 Å². The summed E-state index contributed by atoms with van der Waals surface area (Å²) in [7, 11) is 0. The van der Waals surface area contributed by atoms with Gasteiger partial charge >= 0.3 is 17.8 Å². The fourth-order valence-electron chi connectivity index (χ4n) is 2.59. The normalized spacial score (nSPS) is 10.5. The molecule has 7 heteroatoms. The Morgan fingerprint density at radius 3 is 2.19 bits per heavy atom. The molecule has 0 radical (unpaired) electrons. The van der Waals surface area contributed by atoms with Gasteiger partial charge in [-0.1, -0.05) is 37.3 Å². The van der Waals surface area contributed by atoms with E-state index in [0.717, 1.165) is 12.0 Å². The van der Waals surface area contributed by atoms with E-state index in [4.69, 9.17) is 4.74 Å². The van der Waals surface area contributed by atoms with E-state index < -0.39 is 17.8 Å². The summed E-state index contributed by atoms with van der Waals surface area (Å²) in [6.45, 7) is 2.03.